The van der Waals surface area contributed by atoms with Gasteiger partial charge in [-0.3, -0.25) is 0 Å². The Morgan fingerprint density at radius 1 is 0.900 bits per heavy atom. The van der Waals surface area contributed by atoms with Crippen molar-refractivity contribution in [1.82, 2.24) is 4.98 Å². The molecule has 0 aliphatic rings. The highest BCUT2D eigenvalue weighted by molar-refractivity contribution is 6.07. The second kappa shape index (κ2) is 6.00. The van der Waals surface area contributed by atoms with Gasteiger partial charge in [-0.25, -0.2) is 0 Å². The fourth-order valence-electron chi connectivity index (χ4n) is 2.64. The van der Waals surface area contributed by atoms with E-state index in [0.717, 1.165) is 24.3 Å². The first-order chi connectivity index (χ1) is 9.88. The molecular formula is C18H21NO. The fraction of sp³-hybridized carbons (Fsp3) is 0.333. The summed E-state index contributed by atoms with van der Waals surface area (Å²) in [4.78, 5) is 3.45. The molecule has 1 aromatic heterocycles. The predicted octanol–water partition coefficient (Wildman–Crippen LogP) is 5.28. The fourth-order valence-corrected chi connectivity index (χ4v) is 2.64. The number of unbranched alkanes of at least 4 members (excludes halogenated alkanes) is 3. The third kappa shape index (κ3) is 2.64. The molecule has 0 saturated heterocycles. The number of nitrogens with one attached hydrogen (secondary N) is 1. The van der Waals surface area contributed by atoms with Gasteiger partial charge in [-0.15, -0.1) is 0 Å². The molecule has 2 aromatic carbocycles. The normalized spacial score (nSPS) is 11.2. The molecule has 0 spiro atoms. The Bertz CT molecular complexity index is 699. The Kier molecular flexibility index (Phi) is 3.91. The number of fused-ring (bicyclic) bond motifs is 3. The van der Waals surface area contributed by atoms with E-state index in [1.165, 1.54) is 35.6 Å². The summed E-state index contributed by atoms with van der Waals surface area (Å²) in [5.74, 6) is 0.959. The van der Waals surface area contributed by atoms with E-state index in [1.54, 1.807) is 0 Å². The largest absolute Gasteiger partial charge is 0.494 e. The Hall–Kier alpha value is -1.96. The van der Waals surface area contributed by atoms with Crippen molar-refractivity contribution in [3.8, 4) is 5.75 Å². The van der Waals surface area contributed by atoms with Crippen molar-refractivity contribution in [3.05, 3.63) is 42.5 Å². The van der Waals surface area contributed by atoms with Crippen LogP contribution < -0.4 is 4.74 Å². The number of para-hydroxylation sites is 1. The Labute approximate surface area is 119 Å². The maximum Gasteiger partial charge on any atom is 0.121 e. The molecule has 0 aliphatic carbocycles. The van der Waals surface area contributed by atoms with E-state index in [0.29, 0.717) is 0 Å². The van der Waals surface area contributed by atoms with Crippen LogP contribution in [-0.2, 0) is 0 Å². The molecule has 20 heavy (non-hydrogen) atoms. The summed E-state index contributed by atoms with van der Waals surface area (Å²) in [5, 5.41) is 2.54. The highest BCUT2D eigenvalue weighted by Gasteiger charge is 2.04. The van der Waals surface area contributed by atoms with E-state index in [4.69, 9.17) is 4.74 Å². The molecular weight excluding hydrogens is 246 g/mol. The predicted molar refractivity (Wildman–Crippen MR) is 85.4 cm³/mol. The molecule has 0 radical (unpaired) electrons. The maximum absolute atomic E-state index is 5.84. The number of aromatic nitrogens is 1. The van der Waals surface area contributed by atoms with E-state index in [2.05, 4.69) is 54.4 Å². The van der Waals surface area contributed by atoms with Crippen molar-refractivity contribution >= 4 is 21.8 Å². The number of ether oxygens (including phenoxy) is 1. The number of benzene rings is 2. The van der Waals surface area contributed by atoms with Gasteiger partial charge in [0.15, 0.2) is 0 Å². The number of hydrogen-bond acceptors (Lipinski definition) is 1. The highest BCUT2D eigenvalue weighted by atomic mass is 16.5. The maximum atomic E-state index is 5.84. The smallest absolute Gasteiger partial charge is 0.121 e. The van der Waals surface area contributed by atoms with Crippen molar-refractivity contribution in [2.24, 2.45) is 0 Å². The summed E-state index contributed by atoms with van der Waals surface area (Å²) in [6.45, 7) is 3.04. The van der Waals surface area contributed by atoms with E-state index in [1.807, 2.05) is 0 Å². The van der Waals surface area contributed by atoms with Crippen molar-refractivity contribution in [2.75, 3.05) is 6.61 Å². The van der Waals surface area contributed by atoms with E-state index >= 15 is 0 Å². The lowest BCUT2D eigenvalue weighted by molar-refractivity contribution is 0.305. The lowest BCUT2D eigenvalue weighted by Crippen LogP contribution is -1.96. The van der Waals surface area contributed by atoms with Crippen molar-refractivity contribution < 1.29 is 4.74 Å². The van der Waals surface area contributed by atoms with E-state index in [9.17, 15) is 0 Å². The van der Waals surface area contributed by atoms with Crippen LogP contribution in [0.4, 0.5) is 0 Å². The van der Waals surface area contributed by atoms with Crippen LogP contribution in [0.2, 0.25) is 0 Å². The lowest BCUT2D eigenvalue weighted by Gasteiger charge is -2.05. The first-order valence-corrected chi connectivity index (χ1v) is 7.52. The molecule has 0 unspecified atom stereocenters. The van der Waals surface area contributed by atoms with Gasteiger partial charge in [0, 0.05) is 22.4 Å². The number of hydrogen-bond donors (Lipinski definition) is 1. The minimum Gasteiger partial charge on any atom is -0.494 e. The summed E-state index contributed by atoms with van der Waals surface area (Å²) in [5.41, 5.74) is 2.33. The van der Waals surface area contributed by atoms with Gasteiger partial charge < -0.3 is 9.72 Å². The molecule has 2 heteroatoms. The molecule has 0 aliphatic heterocycles. The van der Waals surface area contributed by atoms with Gasteiger partial charge in [0.05, 0.1) is 12.1 Å². The first kappa shape index (κ1) is 13.0. The molecule has 0 bridgehead atoms. The second-order valence-corrected chi connectivity index (χ2v) is 5.29. The minimum absolute atomic E-state index is 0.811. The number of aromatic amines is 1. The average Bonchev–Trinajstić information content (AvgIpc) is 2.84. The van der Waals surface area contributed by atoms with Gasteiger partial charge in [0.2, 0.25) is 0 Å². The summed E-state index contributed by atoms with van der Waals surface area (Å²) in [6, 6.07) is 14.7. The van der Waals surface area contributed by atoms with Crippen molar-refractivity contribution in [1.29, 1.82) is 0 Å². The van der Waals surface area contributed by atoms with Crippen molar-refractivity contribution in [3.63, 3.8) is 0 Å². The minimum atomic E-state index is 0.811. The number of H-pyrrole nitrogens is 1. The van der Waals surface area contributed by atoms with Crippen LogP contribution in [0.3, 0.4) is 0 Å². The van der Waals surface area contributed by atoms with Gasteiger partial charge in [-0.2, -0.15) is 0 Å². The highest BCUT2D eigenvalue weighted by Crippen LogP contribution is 2.28. The Morgan fingerprint density at radius 3 is 2.65 bits per heavy atom. The van der Waals surface area contributed by atoms with Gasteiger partial charge in [-0.1, -0.05) is 44.4 Å². The summed E-state index contributed by atoms with van der Waals surface area (Å²) >= 11 is 0. The van der Waals surface area contributed by atoms with Crippen LogP contribution >= 0.6 is 0 Å². The third-order valence-corrected chi connectivity index (χ3v) is 3.74. The molecule has 3 aromatic rings. The van der Waals surface area contributed by atoms with Crippen molar-refractivity contribution in [2.45, 2.75) is 32.6 Å². The van der Waals surface area contributed by atoms with Crippen LogP contribution in [0.25, 0.3) is 21.8 Å². The number of rotatable bonds is 6. The topological polar surface area (TPSA) is 25.0 Å². The molecule has 1 heterocycles. The monoisotopic (exact) mass is 267 g/mol. The Balaban J connectivity index is 1.75. The van der Waals surface area contributed by atoms with Crippen LogP contribution in [0.5, 0.6) is 5.75 Å². The average molecular weight is 267 g/mol. The first-order valence-electron chi connectivity index (χ1n) is 7.52. The molecule has 104 valence electrons. The Morgan fingerprint density at radius 2 is 1.75 bits per heavy atom. The van der Waals surface area contributed by atoms with E-state index < -0.39 is 0 Å². The van der Waals surface area contributed by atoms with Crippen LogP contribution in [0.1, 0.15) is 32.6 Å². The quantitative estimate of drug-likeness (QED) is 0.604. The molecule has 1 N–H and O–H groups in total. The van der Waals surface area contributed by atoms with E-state index in [-0.39, 0.29) is 0 Å². The molecule has 0 saturated carbocycles. The standard InChI is InChI=1S/C18H21NO/c1-2-3-4-7-12-20-14-10-11-16-15-8-5-6-9-17(15)19-18(16)13-14/h5-6,8-11,13,19H,2-4,7,12H2,1H3. The SMILES string of the molecule is CCCCCCOc1ccc2c(c1)[nH]c1ccccc12. The van der Waals surface area contributed by atoms with Gasteiger partial charge in [-0.05, 0) is 24.6 Å². The van der Waals surface area contributed by atoms with Gasteiger partial charge in [0.25, 0.3) is 0 Å². The van der Waals surface area contributed by atoms with Crippen LogP contribution in [0, 0.1) is 0 Å². The molecule has 0 atom stereocenters. The lowest BCUT2D eigenvalue weighted by atomic mass is 10.1. The van der Waals surface area contributed by atoms with Crippen LogP contribution in [0.15, 0.2) is 42.5 Å². The molecule has 0 fully saturated rings. The molecule has 2 nitrogen and oxygen atoms in total. The van der Waals surface area contributed by atoms with Gasteiger partial charge in [0.1, 0.15) is 5.75 Å². The zero-order chi connectivity index (χ0) is 13.8. The summed E-state index contributed by atoms with van der Waals surface area (Å²) in [7, 11) is 0. The summed E-state index contributed by atoms with van der Waals surface area (Å²) < 4.78 is 5.84. The molecule has 0 amide bonds. The second-order valence-electron chi connectivity index (χ2n) is 5.29. The zero-order valence-corrected chi connectivity index (χ0v) is 12.0. The van der Waals surface area contributed by atoms with Crippen LogP contribution in [-0.4, -0.2) is 11.6 Å². The third-order valence-electron chi connectivity index (χ3n) is 3.74. The zero-order valence-electron chi connectivity index (χ0n) is 12.0. The summed E-state index contributed by atoms with van der Waals surface area (Å²) in [6.07, 6.45) is 4.95. The molecule has 3 rings (SSSR count). The van der Waals surface area contributed by atoms with Gasteiger partial charge >= 0.3 is 0 Å².